The standard InChI is InChI=1S/C18H29ClF3N3S.C4H6Cl2.C2H2/c1-5-9-25(10-8-13(4)6-2)12-15-16(18(20,21)22)24-17(26-15)23-11-14(19)7-3;1-4(6)2-3-5;1-2/h7,13H,5-6,8-12H2,1-4H3,(H,23,24);2H,3H2,1H3;1-2H/b14-7+;4-2+;. The van der Waals surface area contributed by atoms with E-state index in [1.807, 2.05) is 6.92 Å². The van der Waals surface area contributed by atoms with E-state index < -0.39 is 11.9 Å². The quantitative estimate of drug-likeness (QED) is 0.203. The minimum atomic E-state index is -4.45. The molecule has 0 aliphatic heterocycles. The summed E-state index contributed by atoms with van der Waals surface area (Å²) in [6.45, 7) is 12.0. The van der Waals surface area contributed by atoms with Gasteiger partial charge in [0.05, 0.1) is 11.4 Å². The van der Waals surface area contributed by atoms with Crippen molar-refractivity contribution in [1.29, 1.82) is 0 Å². The van der Waals surface area contributed by atoms with Crippen LogP contribution in [0, 0.1) is 18.8 Å². The molecule has 0 bridgehead atoms. The molecular formula is C24H37Cl3F3N3S. The predicted molar refractivity (Wildman–Crippen MR) is 145 cm³/mol. The maximum atomic E-state index is 13.4. The third-order valence-electron chi connectivity index (χ3n) is 4.59. The van der Waals surface area contributed by atoms with E-state index in [0.29, 0.717) is 16.8 Å². The molecule has 0 aromatic carbocycles. The van der Waals surface area contributed by atoms with Crippen LogP contribution in [0.1, 0.15) is 64.5 Å². The maximum Gasteiger partial charge on any atom is 0.434 e. The highest BCUT2D eigenvalue weighted by molar-refractivity contribution is 7.15. The van der Waals surface area contributed by atoms with E-state index in [-0.39, 0.29) is 23.1 Å². The van der Waals surface area contributed by atoms with Crippen molar-refractivity contribution >= 4 is 51.3 Å². The Morgan fingerprint density at radius 1 is 1.24 bits per heavy atom. The monoisotopic (exact) mass is 561 g/mol. The van der Waals surface area contributed by atoms with Crippen molar-refractivity contribution in [2.75, 3.05) is 30.8 Å². The van der Waals surface area contributed by atoms with Crippen molar-refractivity contribution in [3.8, 4) is 12.8 Å². The van der Waals surface area contributed by atoms with Crippen LogP contribution in [-0.2, 0) is 12.7 Å². The molecule has 1 aromatic rings. The number of anilines is 1. The fourth-order valence-corrected chi connectivity index (χ4v) is 3.99. The molecule has 1 heterocycles. The van der Waals surface area contributed by atoms with Crippen molar-refractivity contribution in [2.45, 2.75) is 66.6 Å². The van der Waals surface area contributed by atoms with Gasteiger partial charge in [0.2, 0.25) is 0 Å². The topological polar surface area (TPSA) is 28.2 Å². The SMILES string of the molecule is C#C.C/C(Cl)=C\CCl.C/C=C(/Cl)CNc1nc(C(F)(F)F)c(CN(CCC)CCC(C)CC)s1. The van der Waals surface area contributed by atoms with Crippen LogP contribution in [0.2, 0.25) is 0 Å². The van der Waals surface area contributed by atoms with E-state index in [0.717, 1.165) is 48.7 Å². The van der Waals surface area contributed by atoms with E-state index in [1.165, 1.54) is 0 Å². The molecule has 1 aromatic heterocycles. The zero-order chi connectivity index (χ0) is 26.7. The lowest BCUT2D eigenvalue weighted by molar-refractivity contribution is -0.141. The normalized spacial score (nSPS) is 13.0. The van der Waals surface area contributed by atoms with Gasteiger partial charge in [0.25, 0.3) is 0 Å². The molecule has 0 spiro atoms. The molecule has 1 N–H and O–H groups in total. The van der Waals surface area contributed by atoms with E-state index in [1.54, 1.807) is 26.0 Å². The average molecular weight is 563 g/mol. The molecule has 0 fully saturated rings. The van der Waals surface area contributed by atoms with Crippen molar-refractivity contribution in [3.63, 3.8) is 0 Å². The number of hydrogen-bond acceptors (Lipinski definition) is 4. The Bertz CT molecular complexity index is 743. The number of thiazole rings is 1. The predicted octanol–water partition coefficient (Wildman–Crippen LogP) is 8.98. The number of terminal acetylenes is 1. The molecule has 0 aliphatic rings. The van der Waals surface area contributed by atoms with Crippen LogP contribution >= 0.6 is 46.1 Å². The van der Waals surface area contributed by atoms with Crippen LogP contribution in [0.15, 0.2) is 22.2 Å². The van der Waals surface area contributed by atoms with Crippen LogP contribution in [0.3, 0.4) is 0 Å². The molecule has 0 amide bonds. The van der Waals surface area contributed by atoms with E-state index in [2.05, 4.69) is 41.9 Å². The number of alkyl halides is 4. The third-order valence-corrected chi connectivity index (χ3v) is 6.25. The van der Waals surface area contributed by atoms with Gasteiger partial charge in [0.15, 0.2) is 10.8 Å². The number of nitrogens with one attached hydrogen (secondary N) is 1. The Balaban J connectivity index is 0. The fourth-order valence-electron chi connectivity index (χ4n) is 2.52. The summed E-state index contributed by atoms with van der Waals surface area (Å²) in [5.74, 6) is 1.08. The second-order valence-electron chi connectivity index (χ2n) is 7.40. The summed E-state index contributed by atoms with van der Waals surface area (Å²) in [4.78, 5) is 6.14. The molecule has 0 aliphatic carbocycles. The third kappa shape index (κ3) is 16.7. The fraction of sp³-hybridized carbons (Fsp3) is 0.625. The van der Waals surface area contributed by atoms with Gasteiger partial charge < -0.3 is 5.32 Å². The lowest BCUT2D eigenvalue weighted by Crippen LogP contribution is -2.27. The molecule has 10 heteroatoms. The Kier molecular flexibility index (Phi) is 21.0. The molecule has 196 valence electrons. The zero-order valence-corrected chi connectivity index (χ0v) is 23.7. The van der Waals surface area contributed by atoms with Crippen molar-refractivity contribution in [2.24, 2.45) is 5.92 Å². The lowest BCUT2D eigenvalue weighted by Gasteiger charge is -2.23. The highest BCUT2D eigenvalue weighted by Gasteiger charge is 2.37. The molecular weight excluding hydrogens is 526 g/mol. The molecule has 1 rings (SSSR count). The van der Waals surface area contributed by atoms with Gasteiger partial charge in [-0.3, -0.25) is 4.90 Å². The summed E-state index contributed by atoms with van der Waals surface area (Å²) < 4.78 is 40.2. The number of rotatable bonds is 12. The summed E-state index contributed by atoms with van der Waals surface area (Å²) in [7, 11) is 0. The van der Waals surface area contributed by atoms with Gasteiger partial charge in [0, 0.05) is 22.5 Å². The summed E-state index contributed by atoms with van der Waals surface area (Å²) in [5.41, 5.74) is -0.786. The molecule has 1 atom stereocenters. The van der Waals surface area contributed by atoms with Crippen molar-refractivity contribution < 1.29 is 13.2 Å². The van der Waals surface area contributed by atoms with Crippen molar-refractivity contribution in [3.05, 3.63) is 32.8 Å². The number of hydrogen-bond donors (Lipinski definition) is 1. The smallest absolute Gasteiger partial charge is 0.357 e. The first-order valence-corrected chi connectivity index (χ1v) is 13.1. The van der Waals surface area contributed by atoms with Crippen LogP contribution < -0.4 is 5.32 Å². The van der Waals surface area contributed by atoms with Gasteiger partial charge in [-0.15, -0.1) is 35.8 Å². The second kappa shape index (κ2) is 20.3. The molecule has 34 heavy (non-hydrogen) atoms. The van der Waals surface area contributed by atoms with Gasteiger partial charge in [-0.05, 0) is 45.7 Å². The van der Waals surface area contributed by atoms with Gasteiger partial charge in [-0.1, -0.05) is 62.5 Å². The number of aromatic nitrogens is 1. The zero-order valence-electron chi connectivity index (χ0n) is 20.6. The number of halogens is 6. The highest BCUT2D eigenvalue weighted by Crippen LogP contribution is 2.37. The maximum absolute atomic E-state index is 13.4. The van der Waals surface area contributed by atoms with Gasteiger partial charge in [-0.2, -0.15) is 13.2 Å². The van der Waals surface area contributed by atoms with E-state index in [9.17, 15) is 13.2 Å². The van der Waals surface area contributed by atoms with E-state index >= 15 is 0 Å². The minimum absolute atomic E-state index is 0.255. The van der Waals surface area contributed by atoms with Crippen LogP contribution in [0.25, 0.3) is 0 Å². The second-order valence-corrected chi connectivity index (χ2v) is 9.87. The number of allylic oxidation sites excluding steroid dienone is 3. The summed E-state index contributed by atoms with van der Waals surface area (Å²) in [5, 5.41) is 4.43. The lowest BCUT2D eigenvalue weighted by atomic mass is 10.1. The van der Waals surface area contributed by atoms with Gasteiger partial charge >= 0.3 is 6.18 Å². The van der Waals surface area contributed by atoms with E-state index in [4.69, 9.17) is 34.8 Å². The summed E-state index contributed by atoms with van der Waals surface area (Å²) in [6, 6.07) is 0. The Labute approximate surface area is 222 Å². The molecule has 0 saturated carbocycles. The van der Waals surface area contributed by atoms with Gasteiger partial charge in [0.1, 0.15) is 0 Å². The number of nitrogens with zero attached hydrogens (tertiary/aromatic N) is 2. The first-order chi connectivity index (χ1) is 16.0. The largest absolute Gasteiger partial charge is 0.434 e. The highest BCUT2D eigenvalue weighted by atomic mass is 35.5. The first-order valence-electron chi connectivity index (χ1n) is 11.0. The molecule has 1 unspecified atom stereocenters. The van der Waals surface area contributed by atoms with Crippen LogP contribution in [0.5, 0.6) is 0 Å². The minimum Gasteiger partial charge on any atom is -0.357 e. The van der Waals surface area contributed by atoms with Crippen LogP contribution in [0.4, 0.5) is 18.3 Å². The van der Waals surface area contributed by atoms with Crippen molar-refractivity contribution in [1.82, 2.24) is 9.88 Å². The first kappa shape index (κ1) is 35.3. The molecule has 3 nitrogen and oxygen atoms in total. The molecule has 0 saturated heterocycles. The average Bonchev–Trinajstić information content (AvgIpc) is 3.20. The van der Waals surface area contributed by atoms with Crippen LogP contribution in [-0.4, -0.2) is 35.4 Å². The Morgan fingerprint density at radius 3 is 2.26 bits per heavy atom. The summed E-state index contributed by atoms with van der Waals surface area (Å²) >= 11 is 17.6. The Hall–Kier alpha value is -0.910. The Morgan fingerprint density at radius 2 is 1.85 bits per heavy atom. The summed E-state index contributed by atoms with van der Waals surface area (Å²) in [6.07, 6.45) is 9.95. The van der Waals surface area contributed by atoms with Gasteiger partial charge in [-0.25, -0.2) is 4.98 Å². The molecule has 0 radical (unpaired) electrons.